The molecule has 0 bridgehead atoms. The number of thiol groups is 1. The Kier molecular flexibility index (Phi) is 1.89. The van der Waals surface area contributed by atoms with Crippen molar-refractivity contribution in [3.63, 3.8) is 0 Å². The quantitative estimate of drug-likeness (QED) is 0.442. The minimum absolute atomic E-state index is 0.972. The van der Waals surface area contributed by atoms with Crippen LogP contribution in [-0.2, 0) is 0 Å². The summed E-state index contributed by atoms with van der Waals surface area (Å²) in [4.78, 5) is 5.56. The molecular weight excluding hydrogens is 202 g/mol. The fourth-order valence-electron chi connectivity index (χ4n) is 1.77. The van der Waals surface area contributed by atoms with E-state index in [4.69, 9.17) is 0 Å². The van der Waals surface area contributed by atoms with Gasteiger partial charge in [0.2, 0.25) is 0 Å². The van der Waals surface area contributed by atoms with Crippen LogP contribution in [0.15, 0.2) is 53.4 Å². The third-order valence-corrected chi connectivity index (χ3v) is 2.78. The summed E-state index contributed by atoms with van der Waals surface area (Å²) in [5.74, 6) is 0. The van der Waals surface area contributed by atoms with Crippen molar-refractivity contribution in [2.75, 3.05) is 0 Å². The van der Waals surface area contributed by atoms with Gasteiger partial charge >= 0.3 is 0 Å². The van der Waals surface area contributed by atoms with E-state index in [0.29, 0.717) is 0 Å². The molecule has 2 aromatic carbocycles. The fourth-order valence-corrected chi connectivity index (χ4v) is 1.98. The van der Waals surface area contributed by atoms with Crippen LogP contribution < -0.4 is 0 Å². The number of benzene rings is 2. The van der Waals surface area contributed by atoms with Gasteiger partial charge in [0, 0.05) is 15.7 Å². The van der Waals surface area contributed by atoms with Crippen LogP contribution in [0.2, 0.25) is 0 Å². The molecule has 0 saturated heterocycles. The predicted octanol–water partition coefficient (Wildman–Crippen LogP) is 3.68. The number of para-hydroxylation sites is 1. The van der Waals surface area contributed by atoms with Crippen LogP contribution in [0.25, 0.3) is 21.8 Å². The second-order valence-corrected chi connectivity index (χ2v) is 4.07. The largest absolute Gasteiger partial charge is 0.248 e. The first-order valence-corrected chi connectivity index (χ1v) is 5.26. The van der Waals surface area contributed by atoms with Crippen molar-refractivity contribution in [1.29, 1.82) is 0 Å². The molecule has 0 aliphatic rings. The second-order valence-electron chi connectivity index (χ2n) is 3.56. The van der Waals surface area contributed by atoms with Gasteiger partial charge in [0.05, 0.1) is 11.0 Å². The normalized spacial score (nSPS) is 11.0. The molecule has 72 valence electrons. The van der Waals surface area contributed by atoms with E-state index in [9.17, 15) is 0 Å². The van der Waals surface area contributed by atoms with Crippen molar-refractivity contribution < 1.29 is 0 Å². The van der Waals surface area contributed by atoms with Crippen LogP contribution in [-0.4, -0.2) is 4.98 Å². The number of nitrogens with zero attached hydrogens (tertiary/aromatic N) is 1. The van der Waals surface area contributed by atoms with Crippen molar-refractivity contribution in [2.24, 2.45) is 0 Å². The highest BCUT2D eigenvalue weighted by molar-refractivity contribution is 7.80. The van der Waals surface area contributed by atoms with Crippen LogP contribution in [0.1, 0.15) is 0 Å². The highest BCUT2D eigenvalue weighted by Crippen LogP contribution is 2.21. The topological polar surface area (TPSA) is 12.9 Å². The number of rotatable bonds is 0. The highest BCUT2D eigenvalue weighted by Gasteiger charge is 1.98. The van der Waals surface area contributed by atoms with Crippen LogP contribution in [0.3, 0.4) is 0 Å². The molecule has 0 saturated carbocycles. The van der Waals surface area contributed by atoms with Gasteiger partial charge in [-0.05, 0) is 30.3 Å². The summed E-state index contributed by atoms with van der Waals surface area (Å²) >= 11 is 4.33. The van der Waals surface area contributed by atoms with Crippen molar-refractivity contribution in [1.82, 2.24) is 4.98 Å². The van der Waals surface area contributed by atoms with Gasteiger partial charge in [-0.15, -0.1) is 12.6 Å². The lowest BCUT2D eigenvalue weighted by Crippen LogP contribution is -1.81. The summed E-state index contributed by atoms with van der Waals surface area (Å²) in [7, 11) is 0. The van der Waals surface area contributed by atoms with Crippen LogP contribution in [0.5, 0.6) is 0 Å². The monoisotopic (exact) mass is 211 g/mol. The van der Waals surface area contributed by atoms with Crippen LogP contribution >= 0.6 is 12.6 Å². The molecule has 0 unspecified atom stereocenters. The summed E-state index contributed by atoms with van der Waals surface area (Å²) in [6, 6.07) is 16.3. The lowest BCUT2D eigenvalue weighted by molar-refractivity contribution is 1.45. The zero-order valence-corrected chi connectivity index (χ0v) is 8.91. The Bertz CT molecular complexity index is 646. The van der Waals surface area contributed by atoms with Crippen molar-refractivity contribution in [2.45, 2.75) is 4.90 Å². The molecule has 3 aromatic rings. The Morgan fingerprint density at radius 3 is 2.53 bits per heavy atom. The van der Waals surface area contributed by atoms with E-state index in [2.05, 4.69) is 29.7 Å². The zero-order chi connectivity index (χ0) is 10.3. The maximum absolute atomic E-state index is 4.58. The molecule has 3 rings (SSSR count). The second kappa shape index (κ2) is 3.24. The standard InChI is InChI=1S/C13H9NS/c15-11-5-6-13-10(8-11)7-9-3-1-2-4-12(9)14-13/h1-8,15H. The van der Waals surface area contributed by atoms with E-state index in [0.717, 1.165) is 21.3 Å². The lowest BCUT2D eigenvalue weighted by atomic mass is 10.1. The van der Waals surface area contributed by atoms with Gasteiger partial charge in [0.15, 0.2) is 0 Å². The van der Waals surface area contributed by atoms with Gasteiger partial charge < -0.3 is 0 Å². The fraction of sp³-hybridized carbons (Fsp3) is 0. The first kappa shape index (κ1) is 8.74. The van der Waals surface area contributed by atoms with E-state index in [1.54, 1.807) is 0 Å². The van der Waals surface area contributed by atoms with E-state index < -0.39 is 0 Å². The number of hydrogen-bond acceptors (Lipinski definition) is 2. The van der Waals surface area contributed by atoms with Gasteiger partial charge in [-0.25, -0.2) is 4.98 Å². The Morgan fingerprint density at radius 2 is 1.60 bits per heavy atom. The van der Waals surface area contributed by atoms with Gasteiger partial charge in [-0.3, -0.25) is 0 Å². The van der Waals surface area contributed by atoms with E-state index in [1.165, 1.54) is 5.39 Å². The van der Waals surface area contributed by atoms with E-state index in [-0.39, 0.29) is 0 Å². The summed E-state index contributed by atoms with van der Waals surface area (Å²) in [5.41, 5.74) is 2.06. The van der Waals surface area contributed by atoms with Crippen molar-refractivity contribution in [3.8, 4) is 0 Å². The average molecular weight is 211 g/mol. The zero-order valence-electron chi connectivity index (χ0n) is 8.01. The predicted molar refractivity (Wildman–Crippen MR) is 66.5 cm³/mol. The first-order valence-electron chi connectivity index (χ1n) is 4.81. The summed E-state index contributed by atoms with van der Waals surface area (Å²) in [5, 5.41) is 2.31. The molecule has 1 heterocycles. The molecule has 0 aliphatic carbocycles. The Labute approximate surface area is 93.2 Å². The highest BCUT2D eigenvalue weighted by atomic mass is 32.1. The molecule has 1 nitrogen and oxygen atoms in total. The average Bonchev–Trinajstić information content (AvgIpc) is 2.26. The van der Waals surface area contributed by atoms with E-state index in [1.807, 2.05) is 36.4 Å². The number of fused-ring (bicyclic) bond motifs is 2. The molecular formula is C13H9NS. The summed E-state index contributed by atoms with van der Waals surface area (Å²) in [6.07, 6.45) is 0. The number of aromatic nitrogens is 1. The summed E-state index contributed by atoms with van der Waals surface area (Å²) < 4.78 is 0. The Morgan fingerprint density at radius 1 is 0.800 bits per heavy atom. The number of hydrogen-bond donors (Lipinski definition) is 1. The minimum atomic E-state index is 0.972. The molecule has 0 N–H and O–H groups in total. The third kappa shape index (κ3) is 1.47. The smallest absolute Gasteiger partial charge is 0.0710 e. The molecule has 0 amide bonds. The first-order chi connectivity index (χ1) is 7.33. The van der Waals surface area contributed by atoms with Gasteiger partial charge in [-0.2, -0.15) is 0 Å². The van der Waals surface area contributed by atoms with Crippen LogP contribution in [0, 0.1) is 0 Å². The third-order valence-electron chi connectivity index (χ3n) is 2.50. The van der Waals surface area contributed by atoms with Gasteiger partial charge in [-0.1, -0.05) is 18.2 Å². The van der Waals surface area contributed by atoms with Gasteiger partial charge in [0.1, 0.15) is 0 Å². The maximum atomic E-state index is 4.58. The molecule has 0 radical (unpaired) electrons. The Balaban J connectivity index is 2.47. The lowest BCUT2D eigenvalue weighted by Gasteiger charge is -2.01. The maximum Gasteiger partial charge on any atom is 0.0710 e. The van der Waals surface area contributed by atoms with E-state index >= 15 is 0 Å². The van der Waals surface area contributed by atoms with Crippen molar-refractivity contribution in [3.05, 3.63) is 48.5 Å². The molecule has 0 atom stereocenters. The minimum Gasteiger partial charge on any atom is -0.248 e. The number of pyridine rings is 1. The van der Waals surface area contributed by atoms with Crippen molar-refractivity contribution >= 4 is 34.4 Å². The molecule has 1 aromatic heterocycles. The molecule has 0 fully saturated rings. The molecule has 15 heavy (non-hydrogen) atoms. The van der Waals surface area contributed by atoms with Crippen LogP contribution in [0.4, 0.5) is 0 Å². The SMILES string of the molecule is Sc1ccc2nc3ccccc3cc2c1. The molecule has 0 aliphatic heterocycles. The Hall–Kier alpha value is -1.54. The molecule has 2 heteroatoms. The summed E-state index contributed by atoms with van der Waals surface area (Å²) in [6.45, 7) is 0. The van der Waals surface area contributed by atoms with Gasteiger partial charge in [0.25, 0.3) is 0 Å². The molecule has 0 spiro atoms.